The van der Waals surface area contributed by atoms with Crippen LogP contribution in [-0.4, -0.2) is 43.8 Å². The van der Waals surface area contributed by atoms with E-state index in [2.05, 4.69) is 5.32 Å². The van der Waals surface area contributed by atoms with Gasteiger partial charge in [-0.05, 0) is 76.6 Å². The van der Waals surface area contributed by atoms with Gasteiger partial charge in [-0.15, -0.1) is 0 Å². The smallest absolute Gasteiger partial charge is 0.264 e. The van der Waals surface area contributed by atoms with Crippen molar-refractivity contribution in [2.24, 2.45) is 0 Å². The van der Waals surface area contributed by atoms with Gasteiger partial charge >= 0.3 is 0 Å². The molecule has 0 fully saturated rings. The molecule has 2 amide bonds. The standard InChI is InChI=1S/C29H34FN3O4S/c1-20(2)31-29(35)23(5)32(18-24-8-6-7-22(4)17-24)28(34)19-33(26-13-9-21(3)10-14-26)38(36,37)27-15-11-25(30)12-16-27/h6-17,20,23H,18-19H2,1-5H3,(H,31,35)/t23-/m0/s1. The first kappa shape index (κ1) is 28.8. The van der Waals surface area contributed by atoms with E-state index in [1.165, 1.54) is 17.0 Å². The quantitative estimate of drug-likeness (QED) is 0.409. The van der Waals surface area contributed by atoms with Crippen molar-refractivity contribution in [1.82, 2.24) is 10.2 Å². The molecule has 1 N–H and O–H groups in total. The van der Waals surface area contributed by atoms with Gasteiger partial charge in [-0.3, -0.25) is 13.9 Å². The zero-order valence-corrected chi connectivity index (χ0v) is 23.1. The molecule has 0 saturated carbocycles. The molecular formula is C29H34FN3O4S. The molecule has 3 rings (SSSR count). The summed E-state index contributed by atoms with van der Waals surface area (Å²) in [5.74, 6) is -1.47. The van der Waals surface area contributed by atoms with Crippen LogP contribution in [0.25, 0.3) is 0 Å². The lowest BCUT2D eigenvalue weighted by Gasteiger charge is -2.32. The monoisotopic (exact) mass is 539 g/mol. The van der Waals surface area contributed by atoms with Crippen molar-refractivity contribution < 1.29 is 22.4 Å². The summed E-state index contributed by atoms with van der Waals surface area (Å²) in [6.45, 7) is 8.64. The first-order chi connectivity index (χ1) is 17.9. The molecule has 0 aliphatic heterocycles. The zero-order valence-electron chi connectivity index (χ0n) is 22.3. The van der Waals surface area contributed by atoms with Gasteiger partial charge in [-0.25, -0.2) is 12.8 Å². The SMILES string of the molecule is Cc1ccc(N(CC(=O)N(Cc2cccc(C)c2)[C@@H](C)C(=O)NC(C)C)S(=O)(=O)c2ccc(F)cc2)cc1. The van der Waals surface area contributed by atoms with Crippen LogP contribution in [0.3, 0.4) is 0 Å². The number of sulfonamides is 1. The normalized spacial score (nSPS) is 12.2. The second-order valence-corrected chi connectivity index (χ2v) is 11.5. The fraction of sp³-hybridized carbons (Fsp3) is 0.310. The van der Waals surface area contributed by atoms with Crippen LogP contribution < -0.4 is 9.62 Å². The third-order valence-corrected chi connectivity index (χ3v) is 7.82. The van der Waals surface area contributed by atoms with Crippen molar-refractivity contribution in [2.75, 3.05) is 10.8 Å². The molecule has 38 heavy (non-hydrogen) atoms. The number of nitrogens with one attached hydrogen (secondary N) is 1. The number of anilines is 1. The number of aryl methyl sites for hydroxylation is 2. The lowest BCUT2D eigenvalue weighted by atomic mass is 10.1. The minimum atomic E-state index is -4.24. The van der Waals surface area contributed by atoms with Gasteiger partial charge in [0.15, 0.2) is 0 Å². The van der Waals surface area contributed by atoms with Gasteiger partial charge in [0.2, 0.25) is 11.8 Å². The third kappa shape index (κ3) is 7.19. The molecule has 0 aromatic heterocycles. The molecule has 1 atom stereocenters. The van der Waals surface area contributed by atoms with Crippen molar-refractivity contribution in [3.05, 3.63) is 95.3 Å². The lowest BCUT2D eigenvalue weighted by Crippen LogP contribution is -2.52. The predicted molar refractivity (Wildman–Crippen MR) is 147 cm³/mol. The molecule has 0 saturated heterocycles. The largest absolute Gasteiger partial charge is 0.352 e. The van der Waals surface area contributed by atoms with E-state index in [-0.39, 0.29) is 29.1 Å². The minimum absolute atomic E-state index is 0.117. The van der Waals surface area contributed by atoms with Gasteiger partial charge < -0.3 is 10.2 Å². The molecule has 0 aliphatic carbocycles. The first-order valence-electron chi connectivity index (χ1n) is 12.4. The number of carbonyl (C=O) groups is 2. The number of halogens is 1. The van der Waals surface area contributed by atoms with E-state index in [0.717, 1.165) is 33.1 Å². The summed E-state index contributed by atoms with van der Waals surface area (Å²) in [5, 5.41) is 2.83. The number of hydrogen-bond acceptors (Lipinski definition) is 4. The predicted octanol–water partition coefficient (Wildman–Crippen LogP) is 4.58. The second-order valence-electron chi connectivity index (χ2n) is 9.65. The average molecular weight is 540 g/mol. The van der Waals surface area contributed by atoms with Crippen LogP contribution in [0, 0.1) is 19.7 Å². The van der Waals surface area contributed by atoms with E-state index >= 15 is 0 Å². The molecule has 0 unspecified atom stereocenters. The highest BCUT2D eigenvalue weighted by atomic mass is 32.2. The van der Waals surface area contributed by atoms with Gasteiger partial charge in [0.05, 0.1) is 10.6 Å². The Morgan fingerprint density at radius 3 is 2.11 bits per heavy atom. The molecular weight excluding hydrogens is 505 g/mol. The van der Waals surface area contributed by atoms with E-state index in [1.54, 1.807) is 31.2 Å². The number of nitrogens with zero attached hydrogens (tertiary/aromatic N) is 2. The fourth-order valence-electron chi connectivity index (χ4n) is 3.97. The van der Waals surface area contributed by atoms with Crippen molar-refractivity contribution in [2.45, 2.75) is 58.1 Å². The van der Waals surface area contributed by atoms with Crippen LogP contribution in [0.5, 0.6) is 0 Å². The number of benzene rings is 3. The van der Waals surface area contributed by atoms with Gasteiger partial charge in [0, 0.05) is 12.6 Å². The molecule has 0 radical (unpaired) electrons. The Kier molecular flexibility index (Phi) is 9.27. The van der Waals surface area contributed by atoms with Crippen LogP contribution in [0.4, 0.5) is 10.1 Å². The maximum absolute atomic E-state index is 13.8. The number of rotatable bonds is 10. The van der Waals surface area contributed by atoms with Gasteiger partial charge in [-0.2, -0.15) is 0 Å². The lowest BCUT2D eigenvalue weighted by molar-refractivity contribution is -0.139. The third-order valence-electron chi connectivity index (χ3n) is 6.04. The van der Waals surface area contributed by atoms with Crippen molar-refractivity contribution in [1.29, 1.82) is 0 Å². The molecule has 7 nitrogen and oxygen atoms in total. The molecule has 0 aliphatic rings. The molecule has 3 aromatic rings. The van der Waals surface area contributed by atoms with Crippen molar-refractivity contribution >= 4 is 27.5 Å². The van der Waals surface area contributed by atoms with Crippen LogP contribution in [0.1, 0.15) is 37.5 Å². The highest BCUT2D eigenvalue weighted by Gasteiger charge is 2.32. The fourth-order valence-corrected chi connectivity index (χ4v) is 5.38. The Labute approximate surface area is 224 Å². The summed E-state index contributed by atoms with van der Waals surface area (Å²) >= 11 is 0. The number of amides is 2. The van der Waals surface area contributed by atoms with Crippen molar-refractivity contribution in [3.8, 4) is 0 Å². The topological polar surface area (TPSA) is 86.8 Å². The van der Waals surface area contributed by atoms with E-state index in [4.69, 9.17) is 0 Å². The Hall–Kier alpha value is -3.72. The van der Waals surface area contributed by atoms with Crippen LogP contribution in [0.15, 0.2) is 77.7 Å². The number of hydrogen-bond donors (Lipinski definition) is 1. The molecule has 0 spiro atoms. The summed E-state index contributed by atoms with van der Waals surface area (Å²) in [6.07, 6.45) is 0. The molecule has 0 bridgehead atoms. The van der Waals surface area contributed by atoms with E-state index in [9.17, 15) is 22.4 Å². The highest BCUT2D eigenvalue weighted by Crippen LogP contribution is 2.25. The summed E-state index contributed by atoms with van der Waals surface area (Å²) in [5.41, 5.74) is 3.00. The summed E-state index contributed by atoms with van der Waals surface area (Å²) < 4.78 is 41.9. The van der Waals surface area contributed by atoms with E-state index in [1.807, 2.05) is 52.0 Å². The van der Waals surface area contributed by atoms with E-state index in [0.29, 0.717) is 0 Å². The van der Waals surface area contributed by atoms with Crippen LogP contribution in [0.2, 0.25) is 0 Å². The Morgan fingerprint density at radius 1 is 0.895 bits per heavy atom. The van der Waals surface area contributed by atoms with Crippen LogP contribution >= 0.6 is 0 Å². The second kappa shape index (κ2) is 12.2. The van der Waals surface area contributed by atoms with Gasteiger partial charge in [0.1, 0.15) is 18.4 Å². The van der Waals surface area contributed by atoms with Crippen LogP contribution in [-0.2, 0) is 26.2 Å². The van der Waals surface area contributed by atoms with Gasteiger partial charge in [0.25, 0.3) is 10.0 Å². The minimum Gasteiger partial charge on any atom is -0.352 e. The number of carbonyl (C=O) groups excluding carboxylic acids is 2. The zero-order chi connectivity index (χ0) is 28.0. The Morgan fingerprint density at radius 2 is 1.53 bits per heavy atom. The highest BCUT2D eigenvalue weighted by molar-refractivity contribution is 7.92. The average Bonchev–Trinajstić information content (AvgIpc) is 2.86. The van der Waals surface area contributed by atoms with Crippen molar-refractivity contribution in [3.63, 3.8) is 0 Å². The molecule has 9 heteroatoms. The summed E-state index contributed by atoms with van der Waals surface area (Å²) in [4.78, 5) is 28.0. The maximum atomic E-state index is 13.8. The molecule has 3 aromatic carbocycles. The first-order valence-corrected chi connectivity index (χ1v) is 13.8. The maximum Gasteiger partial charge on any atom is 0.264 e. The van der Waals surface area contributed by atoms with E-state index < -0.39 is 34.3 Å². The summed E-state index contributed by atoms with van der Waals surface area (Å²) in [6, 6.07) is 17.7. The molecule has 0 heterocycles. The van der Waals surface area contributed by atoms with Gasteiger partial charge in [-0.1, -0.05) is 47.5 Å². The Bertz CT molecular complexity index is 1370. The molecule has 202 valence electrons. The summed E-state index contributed by atoms with van der Waals surface area (Å²) in [7, 11) is -4.24. The Balaban J connectivity index is 2.02.